The van der Waals surface area contributed by atoms with Gasteiger partial charge in [-0.05, 0) is 38.0 Å². The van der Waals surface area contributed by atoms with Gasteiger partial charge in [0.2, 0.25) is 0 Å². The lowest BCUT2D eigenvalue weighted by atomic mass is 9.81. The first-order chi connectivity index (χ1) is 12.7. The third-order valence-corrected chi connectivity index (χ3v) is 3.75. The maximum atomic E-state index is 12.6. The Morgan fingerprint density at radius 1 is 1.07 bits per heavy atom. The Kier molecular flexibility index (Phi) is 8.10. The summed E-state index contributed by atoms with van der Waals surface area (Å²) in [6, 6.07) is 4.48. The van der Waals surface area contributed by atoms with Crippen molar-refractivity contribution >= 4 is 18.0 Å². The fourth-order valence-corrected chi connectivity index (χ4v) is 2.36. The molecule has 7 heteroatoms. The average molecular weight is 382 g/mol. The number of halogens is 3. The molecule has 1 rings (SSSR count). The molecule has 0 aliphatic heterocycles. The number of alkyl halides is 3. The average Bonchev–Trinajstić information content (AvgIpc) is 2.61. The molecule has 4 nitrogen and oxygen atoms in total. The van der Waals surface area contributed by atoms with Crippen molar-refractivity contribution in [1.29, 1.82) is 0 Å². The third-order valence-electron chi connectivity index (χ3n) is 3.75. The number of rotatable bonds is 8. The van der Waals surface area contributed by atoms with E-state index in [2.05, 4.69) is 5.92 Å². The van der Waals surface area contributed by atoms with E-state index < -0.39 is 29.1 Å². The van der Waals surface area contributed by atoms with E-state index in [1.54, 1.807) is 13.8 Å². The summed E-state index contributed by atoms with van der Waals surface area (Å²) in [5.74, 6) is 0.713. The number of esters is 2. The molecule has 0 amide bonds. The van der Waals surface area contributed by atoms with Crippen molar-refractivity contribution < 1.29 is 32.2 Å². The van der Waals surface area contributed by atoms with Crippen LogP contribution in [0.25, 0.3) is 6.08 Å². The van der Waals surface area contributed by atoms with Crippen LogP contribution >= 0.6 is 0 Å². The van der Waals surface area contributed by atoms with Gasteiger partial charge in [-0.1, -0.05) is 24.3 Å². The van der Waals surface area contributed by atoms with E-state index in [1.165, 1.54) is 24.3 Å². The number of hydrogen-bond donors (Lipinski definition) is 0. The Bertz CT molecular complexity index is 694. The van der Waals surface area contributed by atoms with Crippen molar-refractivity contribution in [2.75, 3.05) is 13.2 Å². The maximum absolute atomic E-state index is 12.6. The van der Waals surface area contributed by atoms with E-state index in [-0.39, 0.29) is 26.1 Å². The van der Waals surface area contributed by atoms with Crippen LogP contribution in [0.15, 0.2) is 30.3 Å². The van der Waals surface area contributed by atoms with Gasteiger partial charge in [0.05, 0.1) is 18.8 Å². The van der Waals surface area contributed by atoms with Gasteiger partial charge in [0.1, 0.15) is 0 Å². The second-order valence-corrected chi connectivity index (χ2v) is 5.63. The van der Waals surface area contributed by atoms with Crippen molar-refractivity contribution in [1.82, 2.24) is 0 Å². The molecule has 0 spiro atoms. The SMILES string of the molecule is C#CCC(C/C=C/c1ccc(C(F)(F)F)cc1)(C(=O)OCC)C(=O)OCC. The lowest BCUT2D eigenvalue weighted by molar-refractivity contribution is -0.171. The number of terminal acetylenes is 1. The van der Waals surface area contributed by atoms with Crippen LogP contribution < -0.4 is 0 Å². The van der Waals surface area contributed by atoms with E-state index in [9.17, 15) is 22.8 Å². The van der Waals surface area contributed by atoms with Crippen LogP contribution in [0.5, 0.6) is 0 Å². The molecule has 0 saturated heterocycles. The molecule has 0 aliphatic carbocycles. The molecule has 0 aliphatic rings. The van der Waals surface area contributed by atoms with Crippen molar-refractivity contribution in [2.24, 2.45) is 5.41 Å². The molecule has 0 N–H and O–H groups in total. The maximum Gasteiger partial charge on any atom is 0.416 e. The van der Waals surface area contributed by atoms with Crippen molar-refractivity contribution in [2.45, 2.75) is 32.9 Å². The molecule has 0 atom stereocenters. The highest BCUT2D eigenvalue weighted by atomic mass is 19.4. The molecular formula is C20H21F3O4. The van der Waals surface area contributed by atoms with Crippen LogP contribution in [0.2, 0.25) is 0 Å². The Labute approximate surface area is 156 Å². The summed E-state index contributed by atoms with van der Waals surface area (Å²) in [5.41, 5.74) is -1.98. The quantitative estimate of drug-likeness (QED) is 0.383. The number of hydrogen-bond acceptors (Lipinski definition) is 4. The third kappa shape index (κ3) is 5.88. The summed E-state index contributed by atoms with van der Waals surface area (Å²) in [6.45, 7) is 3.32. The van der Waals surface area contributed by atoms with E-state index in [0.717, 1.165) is 12.1 Å². The number of benzene rings is 1. The fraction of sp³-hybridized carbons (Fsp3) is 0.400. The van der Waals surface area contributed by atoms with E-state index in [1.807, 2.05) is 0 Å². The molecule has 0 fully saturated rings. The Morgan fingerprint density at radius 2 is 1.59 bits per heavy atom. The second kappa shape index (κ2) is 9.81. The highest BCUT2D eigenvalue weighted by molar-refractivity contribution is 6.00. The summed E-state index contributed by atoms with van der Waals surface area (Å²) in [7, 11) is 0. The van der Waals surface area contributed by atoms with Crippen molar-refractivity contribution in [3.63, 3.8) is 0 Å². The molecule has 0 saturated carbocycles. The number of carbonyl (C=O) groups excluding carboxylic acids is 2. The predicted molar refractivity (Wildman–Crippen MR) is 94.2 cm³/mol. The summed E-state index contributed by atoms with van der Waals surface area (Å²) in [5, 5.41) is 0. The van der Waals surface area contributed by atoms with Crippen LogP contribution in [0, 0.1) is 17.8 Å². The number of allylic oxidation sites excluding steroid dienone is 1. The smallest absolute Gasteiger partial charge is 0.416 e. The van der Waals surface area contributed by atoms with Gasteiger partial charge in [-0.25, -0.2) is 0 Å². The van der Waals surface area contributed by atoms with Gasteiger partial charge in [0.15, 0.2) is 5.41 Å². The first kappa shape index (κ1) is 22.3. The first-order valence-electron chi connectivity index (χ1n) is 8.33. The molecule has 0 bridgehead atoms. The number of carbonyl (C=O) groups is 2. The fourth-order valence-electron chi connectivity index (χ4n) is 2.36. The lowest BCUT2D eigenvalue weighted by Crippen LogP contribution is -2.41. The summed E-state index contributed by atoms with van der Waals surface area (Å²) >= 11 is 0. The topological polar surface area (TPSA) is 52.6 Å². The monoisotopic (exact) mass is 382 g/mol. The molecule has 1 aromatic rings. The molecule has 146 valence electrons. The Hall–Kier alpha value is -2.75. The zero-order valence-corrected chi connectivity index (χ0v) is 15.1. The van der Waals surface area contributed by atoms with Crippen molar-refractivity contribution in [3.05, 3.63) is 41.5 Å². The molecular weight excluding hydrogens is 361 g/mol. The molecule has 0 radical (unpaired) electrons. The van der Waals surface area contributed by atoms with E-state index >= 15 is 0 Å². The first-order valence-corrected chi connectivity index (χ1v) is 8.33. The predicted octanol–water partition coefficient (Wildman–Crippen LogP) is 4.24. The molecule has 0 heterocycles. The highest BCUT2D eigenvalue weighted by Gasteiger charge is 2.47. The minimum atomic E-state index is -4.42. The van der Waals surface area contributed by atoms with Gasteiger partial charge in [-0.15, -0.1) is 12.3 Å². The standard InChI is InChI=1S/C20H21F3O4/c1-4-13-19(17(24)26-5-2,18(25)27-6-3)14-7-8-15-9-11-16(12-10-15)20(21,22)23/h1,7-12H,5-6,13-14H2,2-3H3/b8-7+. The Morgan fingerprint density at radius 3 is 2.00 bits per heavy atom. The molecule has 27 heavy (non-hydrogen) atoms. The molecule has 1 aromatic carbocycles. The normalized spacial score (nSPS) is 11.9. The Balaban J connectivity index is 3.07. The summed E-state index contributed by atoms with van der Waals surface area (Å²) in [4.78, 5) is 24.8. The largest absolute Gasteiger partial charge is 0.465 e. The van der Waals surface area contributed by atoms with Crippen molar-refractivity contribution in [3.8, 4) is 12.3 Å². The van der Waals surface area contributed by atoms with Gasteiger partial charge >= 0.3 is 18.1 Å². The van der Waals surface area contributed by atoms with Gasteiger partial charge < -0.3 is 9.47 Å². The van der Waals surface area contributed by atoms with Gasteiger partial charge in [0, 0.05) is 6.42 Å². The van der Waals surface area contributed by atoms with Crippen LogP contribution in [0.1, 0.15) is 37.8 Å². The zero-order valence-electron chi connectivity index (χ0n) is 15.1. The summed E-state index contributed by atoms with van der Waals surface area (Å²) < 4.78 is 47.8. The molecule has 0 aromatic heterocycles. The summed E-state index contributed by atoms with van der Waals surface area (Å²) in [6.07, 6.45) is 3.58. The minimum Gasteiger partial charge on any atom is -0.465 e. The van der Waals surface area contributed by atoms with Crippen LogP contribution in [-0.2, 0) is 25.2 Å². The van der Waals surface area contributed by atoms with Gasteiger partial charge in [0.25, 0.3) is 0 Å². The molecule has 0 unspecified atom stereocenters. The van der Waals surface area contributed by atoms with Crippen LogP contribution in [0.4, 0.5) is 13.2 Å². The number of ether oxygens (including phenoxy) is 2. The second-order valence-electron chi connectivity index (χ2n) is 5.63. The lowest BCUT2D eigenvalue weighted by Gasteiger charge is -2.26. The zero-order chi connectivity index (χ0) is 20.5. The highest BCUT2D eigenvalue weighted by Crippen LogP contribution is 2.32. The van der Waals surface area contributed by atoms with Gasteiger partial charge in [-0.3, -0.25) is 9.59 Å². The van der Waals surface area contributed by atoms with Crippen LogP contribution in [-0.4, -0.2) is 25.2 Å². The van der Waals surface area contributed by atoms with Crippen LogP contribution in [0.3, 0.4) is 0 Å². The van der Waals surface area contributed by atoms with E-state index in [4.69, 9.17) is 15.9 Å². The van der Waals surface area contributed by atoms with Gasteiger partial charge in [-0.2, -0.15) is 13.2 Å². The van der Waals surface area contributed by atoms with E-state index in [0.29, 0.717) is 5.56 Å². The minimum absolute atomic E-state index is 0.0627.